The molecule has 1 amide bonds. The van der Waals surface area contributed by atoms with Gasteiger partial charge in [0.2, 0.25) is 0 Å². The number of amides is 1. The van der Waals surface area contributed by atoms with Crippen molar-refractivity contribution in [3.63, 3.8) is 0 Å². The molecule has 0 spiro atoms. The molecule has 3 rings (SSSR count). The number of anilines is 1. The second-order valence-corrected chi connectivity index (χ2v) is 6.57. The van der Waals surface area contributed by atoms with Crippen LogP contribution in [0.25, 0.3) is 0 Å². The molecule has 3 N–H and O–H groups in total. The van der Waals surface area contributed by atoms with Gasteiger partial charge in [0.15, 0.2) is 0 Å². The minimum Gasteiger partial charge on any atom is -0.492 e. The molecule has 6 heteroatoms. The predicted octanol–water partition coefficient (Wildman–Crippen LogP) is 2.90. The van der Waals surface area contributed by atoms with Crippen LogP contribution in [0.4, 0.5) is 5.69 Å². The molecule has 1 aromatic carbocycles. The summed E-state index contributed by atoms with van der Waals surface area (Å²) in [4.78, 5) is 16.1. The first-order valence-electron chi connectivity index (χ1n) is 8.79. The van der Waals surface area contributed by atoms with E-state index < -0.39 is 0 Å². The van der Waals surface area contributed by atoms with Gasteiger partial charge in [-0.25, -0.2) is 0 Å². The Morgan fingerprint density at radius 3 is 2.65 bits per heavy atom. The van der Waals surface area contributed by atoms with Crippen LogP contribution < -0.4 is 15.8 Å². The van der Waals surface area contributed by atoms with Gasteiger partial charge in [0.25, 0.3) is 5.91 Å². The minimum atomic E-state index is -0.0504. The van der Waals surface area contributed by atoms with Gasteiger partial charge in [-0.2, -0.15) is 5.26 Å². The molecule has 0 atom stereocenters. The zero-order chi connectivity index (χ0) is 18.4. The van der Waals surface area contributed by atoms with Crippen LogP contribution in [0.1, 0.15) is 41.6 Å². The third-order valence-corrected chi connectivity index (χ3v) is 4.77. The Morgan fingerprint density at radius 1 is 1.23 bits per heavy atom. The monoisotopic (exact) mass is 350 g/mol. The number of carbonyl (C=O) groups excluding carboxylic acids is 1. The Kier molecular flexibility index (Phi) is 5.69. The van der Waals surface area contributed by atoms with Crippen molar-refractivity contribution >= 4 is 11.6 Å². The summed E-state index contributed by atoms with van der Waals surface area (Å²) >= 11 is 0. The molecule has 1 aromatic heterocycles. The second-order valence-electron chi connectivity index (χ2n) is 6.57. The summed E-state index contributed by atoms with van der Waals surface area (Å²) in [6, 6.07) is 11.0. The molecule has 6 nitrogen and oxygen atoms in total. The standard InChI is InChI=1S/C20H22N4O2/c21-12-17-18(22)2-1-3-19(17)26-13-14-4-6-16(7-5-14)24-20(25)15-8-10-23-11-9-15/h1-3,8-11,14,16H,4-7,13,22H2,(H,24,25). The Morgan fingerprint density at radius 2 is 1.96 bits per heavy atom. The molecular formula is C20H22N4O2. The predicted molar refractivity (Wildman–Crippen MR) is 98.5 cm³/mol. The largest absolute Gasteiger partial charge is 0.492 e. The van der Waals surface area contributed by atoms with Crippen molar-refractivity contribution in [2.24, 2.45) is 5.92 Å². The Bertz CT molecular complexity index is 793. The third-order valence-electron chi connectivity index (χ3n) is 4.77. The summed E-state index contributed by atoms with van der Waals surface area (Å²) in [5.41, 5.74) is 7.27. The summed E-state index contributed by atoms with van der Waals surface area (Å²) in [6.07, 6.45) is 7.04. The van der Waals surface area contributed by atoms with Crippen molar-refractivity contribution < 1.29 is 9.53 Å². The van der Waals surface area contributed by atoms with Crippen molar-refractivity contribution in [1.82, 2.24) is 10.3 Å². The van der Waals surface area contributed by atoms with Crippen molar-refractivity contribution in [2.75, 3.05) is 12.3 Å². The fourth-order valence-electron chi connectivity index (χ4n) is 3.24. The van der Waals surface area contributed by atoms with Gasteiger partial charge >= 0.3 is 0 Å². The second kappa shape index (κ2) is 8.34. The van der Waals surface area contributed by atoms with Crippen LogP contribution in [0.2, 0.25) is 0 Å². The van der Waals surface area contributed by atoms with E-state index in [9.17, 15) is 10.1 Å². The van der Waals surface area contributed by atoms with Gasteiger partial charge in [-0.15, -0.1) is 0 Å². The first kappa shape index (κ1) is 17.7. The van der Waals surface area contributed by atoms with Crippen molar-refractivity contribution in [3.8, 4) is 11.8 Å². The number of nitrogen functional groups attached to an aromatic ring is 1. The molecule has 0 unspecified atom stereocenters. The highest BCUT2D eigenvalue weighted by Crippen LogP contribution is 2.28. The van der Waals surface area contributed by atoms with E-state index in [4.69, 9.17) is 10.5 Å². The minimum absolute atomic E-state index is 0.0504. The highest BCUT2D eigenvalue weighted by molar-refractivity contribution is 5.94. The highest BCUT2D eigenvalue weighted by atomic mass is 16.5. The summed E-state index contributed by atoms with van der Waals surface area (Å²) in [6.45, 7) is 0.559. The zero-order valence-corrected chi connectivity index (χ0v) is 14.5. The maximum Gasteiger partial charge on any atom is 0.251 e. The Labute approximate surface area is 153 Å². The quantitative estimate of drug-likeness (QED) is 0.808. The molecule has 2 aromatic rings. The molecule has 0 bridgehead atoms. The number of ether oxygens (including phenoxy) is 1. The maximum absolute atomic E-state index is 12.2. The van der Waals surface area contributed by atoms with Crippen LogP contribution in [-0.2, 0) is 0 Å². The van der Waals surface area contributed by atoms with Gasteiger partial charge < -0.3 is 15.8 Å². The number of nitrogens with two attached hydrogens (primary N) is 1. The van der Waals surface area contributed by atoms with Crippen LogP contribution >= 0.6 is 0 Å². The number of hydrogen-bond acceptors (Lipinski definition) is 5. The first-order valence-corrected chi connectivity index (χ1v) is 8.79. The molecule has 1 heterocycles. The number of aromatic nitrogens is 1. The number of carbonyl (C=O) groups is 1. The van der Waals surface area contributed by atoms with Crippen molar-refractivity contribution in [1.29, 1.82) is 5.26 Å². The smallest absolute Gasteiger partial charge is 0.251 e. The third kappa shape index (κ3) is 4.31. The van der Waals surface area contributed by atoms with E-state index in [1.54, 1.807) is 42.7 Å². The van der Waals surface area contributed by atoms with Crippen LogP contribution in [0.3, 0.4) is 0 Å². The number of rotatable bonds is 5. The van der Waals surface area contributed by atoms with Gasteiger partial charge in [-0.05, 0) is 55.9 Å². The summed E-state index contributed by atoms with van der Waals surface area (Å²) < 4.78 is 5.84. The highest BCUT2D eigenvalue weighted by Gasteiger charge is 2.23. The van der Waals surface area contributed by atoms with Gasteiger partial charge in [0.1, 0.15) is 17.4 Å². The van der Waals surface area contributed by atoms with Crippen LogP contribution in [0, 0.1) is 17.2 Å². The van der Waals surface area contributed by atoms with E-state index in [-0.39, 0.29) is 11.9 Å². The van der Waals surface area contributed by atoms with Gasteiger partial charge in [-0.3, -0.25) is 9.78 Å². The summed E-state index contributed by atoms with van der Waals surface area (Å²) in [5.74, 6) is 0.906. The van der Waals surface area contributed by atoms with Crippen LogP contribution in [-0.4, -0.2) is 23.5 Å². The maximum atomic E-state index is 12.2. The van der Waals surface area contributed by atoms with E-state index in [1.807, 2.05) is 0 Å². The average Bonchev–Trinajstić information content (AvgIpc) is 2.68. The van der Waals surface area contributed by atoms with E-state index in [0.29, 0.717) is 35.1 Å². The molecule has 0 saturated heterocycles. The molecule has 1 fully saturated rings. The van der Waals surface area contributed by atoms with Crippen LogP contribution in [0.15, 0.2) is 42.7 Å². The van der Waals surface area contributed by atoms with Gasteiger partial charge in [0.05, 0.1) is 12.3 Å². The summed E-state index contributed by atoms with van der Waals surface area (Å²) in [7, 11) is 0. The van der Waals surface area contributed by atoms with E-state index in [0.717, 1.165) is 25.7 Å². The number of pyridine rings is 1. The molecule has 1 aliphatic rings. The summed E-state index contributed by atoms with van der Waals surface area (Å²) in [5, 5.41) is 12.3. The zero-order valence-electron chi connectivity index (χ0n) is 14.5. The van der Waals surface area contributed by atoms with Crippen molar-refractivity contribution in [3.05, 3.63) is 53.9 Å². The Balaban J connectivity index is 1.47. The van der Waals surface area contributed by atoms with E-state index in [1.165, 1.54) is 0 Å². The fraction of sp³-hybridized carbons (Fsp3) is 0.350. The van der Waals surface area contributed by atoms with E-state index in [2.05, 4.69) is 16.4 Å². The molecule has 134 valence electrons. The van der Waals surface area contributed by atoms with Crippen LogP contribution in [0.5, 0.6) is 5.75 Å². The molecule has 0 radical (unpaired) electrons. The number of nitrogens with zero attached hydrogens (tertiary/aromatic N) is 2. The lowest BCUT2D eigenvalue weighted by molar-refractivity contribution is 0.0916. The topological polar surface area (TPSA) is 101 Å². The lowest BCUT2D eigenvalue weighted by Gasteiger charge is -2.29. The number of nitrogens with one attached hydrogen (secondary N) is 1. The lowest BCUT2D eigenvalue weighted by Crippen LogP contribution is -2.38. The Hall–Kier alpha value is -3.07. The van der Waals surface area contributed by atoms with Gasteiger partial charge in [0, 0.05) is 24.0 Å². The number of nitriles is 1. The average molecular weight is 350 g/mol. The van der Waals surface area contributed by atoms with Gasteiger partial charge in [-0.1, -0.05) is 6.07 Å². The lowest BCUT2D eigenvalue weighted by atomic mass is 9.86. The van der Waals surface area contributed by atoms with Crippen molar-refractivity contribution in [2.45, 2.75) is 31.7 Å². The molecule has 1 aliphatic carbocycles. The number of benzene rings is 1. The van der Waals surface area contributed by atoms with E-state index >= 15 is 0 Å². The SMILES string of the molecule is N#Cc1c(N)cccc1OCC1CCC(NC(=O)c2ccncc2)CC1. The first-order chi connectivity index (χ1) is 12.7. The number of hydrogen-bond donors (Lipinski definition) is 2. The molecule has 1 saturated carbocycles. The molecule has 0 aliphatic heterocycles. The fourth-order valence-corrected chi connectivity index (χ4v) is 3.24. The molecule has 26 heavy (non-hydrogen) atoms. The molecular weight excluding hydrogens is 328 g/mol. The normalized spacial score (nSPS) is 19.3.